The molecule has 3 N–H and O–H groups in total. The van der Waals surface area contributed by atoms with E-state index in [-0.39, 0.29) is 29.1 Å². The monoisotopic (exact) mass is 550 g/mol. The Morgan fingerprint density at radius 1 is 1.24 bits per heavy atom. The van der Waals surface area contributed by atoms with E-state index in [0.717, 1.165) is 65.6 Å². The van der Waals surface area contributed by atoms with Crippen LogP contribution in [0.3, 0.4) is 0 Å². The van der Waals surface area contributed by atoms with Crippen LogP contribution in [0, 0.1) is 12.8 Å². The van der Waals surface area contributed by atoms with Crippen molar-refractivity contribution in [1.29, 1.82) is 0 Å². The molecule has 0 radical (unpaired) electrons. The number of aryl methyl sites for hydroxylation is 1. The Bertz CT molecular complexity index is 1440. The molecule has 3 aromatic heterocycles. The molecule has 3 amide bonds. The van der Waals surface area contributed by atoms with E-state index in [1.165, 1.54) is 17.4 Å². The molecule has 4 heterocycles. The Morgan fingerprint density at radius 3 is 2.71 bits per heavy atom. The summed E-state index contributed by atoms with van der Waals surface area (Å²) >= 11 is 2.27. The molecule has 0 aromatic carbocycles. The van der Waals surface area contributed by atoms with Crippen molar-refractivity contribution in [1.82, 2.24) is 20.6 Å². The third-order valence-electron chi connectivity index (χ3n) is 6.72. The second-order valence-electron chi connectivity index (χ2n) is 10.0. The van der Waals surface area contributed by atoms with Crippen molar-refractivity contribution in [2.45, 2.75) is 58.5 Å². The number of aromatic nitrogens is 2. The summed E-state index contributed by atoms with van der Waals surface area (Å²) in [5.41, 5.74) is 4.04. The van der Waals surface area contributed by atoms with Gasteiger partial charge >= 0.3 is 5.24 Å². The van der Waals surface area contributed by atoms with Gasteiger partial charge < -0.3 is 16.0 Å². The van der Waals surface area contributed by atoms with E-state index < -0.39 is 0 Å². The number of pyridine rings is 2. The van der Waals surface area contributed by atoms with Gasteiger partial charge in [-0.25, -0.2) is 4.98 Å². The predicted octanol–water partition coefficient (Wildman–Crippen LogP) is 5.48. The minimum absolute atomic E-state index is 0.165. The van der Waals surface area contributed by atoms with Crippen LogP contribution in [0.1, 0.15) is 54.0 Å². The molecule has 1 aliphatic heterocycles. The highest BCUT2D eigenvalue weighted by Gasteiger charge is 2.34. The third-order valence-corrected chi connectivity index (χ3v) is 8.66. The van der Waals surface area contributed by atoms with Gasteiger partial charge in [-0.3, -0.25) is 23.7 Å². The van der Waals surface area contributed by atoms with Crippen LogP contribution in [0.25, 0.3) is 10.2 Å². The molecular weight excluding hydrogens is 520 g/mol. The van der Waals surface area contributed by atoms with Crippen LogP contribution in [0.15, 0.2) is 37.2 Å². The number of hydrogen-bond acceptors (Lipinski definition) is 8. The number of anilines is 3. The van der Waals surface area contributed by atoms with Crippen LogP contribution in [0.2, 0.25) is 0 Å². The summed E-state index contributed by atoms with van der Waals surface area (Å²) in [6, 6.07) is 3.54. The van der Waals surface area contributed by atoms with Gasteiger partial charge in [0.1, 0.15) is 9.71 Å². The second-order valence-corrected chi connectivity index (χ2v) is 11.9. The number of carbonyl (C=O) groups excluding carboxylic acids is 3. The first-order valence-electron chi connectivity index (χ1n) is 12.6. The van der Waals surface area contributed by atoms with Gasteiger partial charge in [-0.2, -0.15) is 0 Å². The van der Waals surface area contributed by atoms with Crippen LogP contribution in [0.4, 0.5) is 21.9 Å². The molecule has 2 aliphatic rings. The molecule has 1 fully saturated rings. The topological polar surface area (TPSA) is 116 Å². The van der Waals surface area contributed by atoms with Crippen molar-refractivity contribution < 1.29 is 14.4 Å². The molecular formula is C27H30N6O3S2. The van der Waals surface area contributed by atoms with Crippen molar-refractivity contribution in [3.05, 3.63) is 53.3 Å². The maximum Gasteiger partial charge on any atom is 0.304 e. The van der Waals surface area contributed by atoms with Gasteiger partial charge in [0.25, 0.3) is 5.91 Å². The molecule has 5 rings (SSSR count). The van der Waals surface area contributed by atoms with Gasteiger partial charge in [0.05, 0.1) is 40.6 Å². The van der Waals surface area contributed by atoms with Crippen LogP contribution in [-0.4, -0.2) is 39.1 Å². The van der Waals surface area contributed by atoms with Crippen molar-refractivity contribution >= 4 is 67.6 Å². The number of carbonyl (C=O) groups is 3. The Labute approximate surface area is 229 Å². The predicted molar refractivity (Wildman–Crippen MR) is 153 cm³/mol. The van der Waals surface area contributed by atoms with E-state index >= 15 is 0 Å². The molecule has 11 heteroatoms. The van der Waals surface area contributed by atoms with Crippen LogP contribution in [0.5, 0.6) is 0 Å². The Balaban J connectivity index is 1.50. The Kier molecular flexibility index (Phi) is 7.40. The molecule has 9 nitrogen and oxygen atoms in total. The third kappa shape index (κ3) is 5.12. The van der Waals surface area contributed by atoms with Crippen molar-refractivity contribution in [3.63, 3.8) is 0 Å². The average Bonchev–Trinajstić information content (AvgIpc) is 3.42. The molecule has 1 aliphatic carbocycles. The molecule has 1 saturated carbocycles. The maximum atomic E-state index is 13.5. The lowest BCUT2D eigenvalue weighted by molar-refractivity contribution is -0.117. The SMILES string of the molecule is C=CC(=O)N[C@H]1CCC[C@H]1NC(=O)c1sc2nccc3c2c1NC(=O)SN3c1cnc(CC(C)C)cc1C. The van der Waals surface area contributed by atoms with Crippen LogP contribution < -0.4 is 20.3 Å². The van der Waals surface area contributed by atoms with Gasteiger partial charge in [0.2, 0.25) is 5.91 Å². The molecule has 0 saturated heterocycles. The van der Waals surface area contributed by atoms with E-state index in [9.17, 15) is 14.4 Å². The molecule has 198 valence electrons. The second kappa shape index (κ2) is 10.7. The van der Waals surface area contributed by atoms with Gasteiger partial charge in [-0.15, -0.1) is 11.3 Å². The maximum absolute atomic E-state index is 13.5. The van der Waals surface area contributed by atoms with Crippen molar-refractivity contribution in [2.24, 2.45) is 5.92 Å². The highest BCUT2D eigenvalue weighted by atomic mass is 32.2. The first-order valence-corrected chi connectivity index (χ1v) is 14.2. The lowest BCUT2D eigenvalue weighted by Crippen LogP contribution is -2.48. The zero-order valence-electron chi connectivity index (χ0n) is 21.5. The van der Waals surface area contributed by atoms with Gasteiger partial charge in [0.15, 0.2) is 0 Å². The number of amides is 3. The minimum Gasteiger partial charge on any atom is -0.348 e. The van der Waals surface area contributed by atoms with Crippen LogP contribution in [-0.2, 0) is 11.2 Å². The fourth-order valence-corrected chi connectivity index (χ4v) is 6.90. The number of nitrogens with zero attached hydrogens (tertiary/aromatic N) is 3. The number of rotatable bonds is 7. The number of hydrogen-bond donors (Lipinski definition) is 3. The van der Waals surface area contributed by atoms with Gasteiger partial charge in [0, 0.05) is 24.0 Å². The minimum atomic E-state index is -0.308. The number of thiophene rings is 1. The lowest BCUT2D eigenvalue weighted by atomic mass is 10.1. The fourth-order valence-electron chi connectivity index (χ4n) is 5.02. The smallest absolute Gasteiger partial charge is 0.304 e. The normalized spacial score (nSPS) is 18.8. The first-order chi connectivity index (χ1) is 18.2. The van der Waals surface area contributed by atoms with E-state index in [1.54, 1.807) is 6.20 Å². The zero-order valence-corrected chi connectivity index (χ0v) is 23.2. The van der Waals surface area contributed by atoms with Gasteiger partial charge in [-0.05, 0) is 62.3 Å². The molecule has 0 bridgehead atoms. The summed E-state index contributed by atoms with van der Waals surface area (Å²) in [5, 5.41) is 9.33. The largest absolute Gasteiger partial charge is 0.348 e. The molecule has 2 atom stereocenters. The van der Waals surface area contributed by atoms with E-state index in [0.29, 0.717) is 21.3 Å². The molecule has 3 aromatic rings. The van der Waals surface area contributed by atoms with Crippen LogP contribution >= 0.6 is 23.3 Å². The summed E-state index contributed by atoms with van der Waals surface area (Å²) in [7, 11) is 0. The quantitative estimate of drug-likeness (QED) is 0.263. The highest BCUT2D eigenvalue weighted by Crippen LogP contribution is 2.48. The average molecular weight is 551 g/mol. The van der Waals surface area contributed by atoms with Gasteiger partial charge in [-0.1, -0.05) is 20.4 Å². The molecule has 38 heavy (non-hydrogen) atoms. The first kappa shape index (κ1) is 26.2. The summed E-state index contributed by atoms with van der Waals surface area (Å²) in [6.07, 6.45) is 8.04. The standard InChI is InChI=1S/C27H30N6O3S2/c1-5-21(34)30-17-7-6-8-18(17)31-25(35)24-23-22-19(9-10-28-26(22)37-24)33(38-27(36)32-23)20-13-29-16(11-14(2)3)12-15(20)4/h5,9-10,12-14,17-18H,1,6-8,11H2,2-4H3,(H,30,34)(H,31,35)(H,32,36)/t17-,18+/m0/s1. The van der Waals surface area contributed by atoms with Crippen molar-refractivity contribution in [3.8, 4) is 0 Å². The Morgan fingerprint density at radius 2 is 2.00 bits per heavy atom. The summed E-state index contributed by atoms with van der Waals surface area (Å²) in [5.74, 6) is -0.0696. The van der Waals surface area contributed by atoms with E-state index in [2.05, 4.69) is 52.4 Å². The number of nitrogens with one attached hydrogen (secondary N) is 3. The summed E-state index contributed by atoms with van der Waals surface area (Å²) in [6.45, 7) is 9.83. The zero-order chi connectivity index (χ0) is 27.0. The molecule has 0 unspecified atom stereocenters. The summed E-state index contributed by atoms with van der Waals surface area (Å²) in [4.78, 5) is 48.6. The highest BCUT2D eigenvalue weighted by molar-refractivity contribution is 8.15. The van der Waals surface area contributed by atoms with E-state index in [4.69, 9.17) is 0 Å². The fraction of sp³-hybridized carbons (Fsp3) is 0.370. The molecule has 0 spiro atoms. The van der Waals surface area contributed by atoms with Crippen molar-refractivity contribution in [2.75, 3.05) is 9.62 Å². The van der Waals surface area contributed by atoms with E-state index in [1.807, 2.05) is 23.5 Å². The Hall–Kier alpha value is -3.44. The summed E-state index contributed by atoms with van der Waals surface area (Å²) < 4.78 is 1.86. The lowest BCUT2D eigenvalue weighted by Gasteiger charge is -2.23.